The average Bonchev–Trinajstić information content (AvgIpc) is 2.74. The number of hydrogen-bond donors (Lipinski definition) is 2. The van der Waals surface area contributed by atoms with Gasteiger partial charge in [0, 0.05) is 19.3 Å². The maximum Gasteiger partial charge on any atom is 0.414 e. The van der Waals surface area contributed by atoms with Crippen molar-refractivity contribution < 1.29 is 14.3 Å². The number of carbonyl (C=O) groups excluding carboxylic acids is 2. The van der Waals surface area contributed by atoms with Crippen LogP contribution in [0.5, 0.6) is 0 Å². The van der Waals surface area contributed by atoms with Crippen LogP contribution in [0.25, 0.3) is 0 Å². The minimum Gasteiger partial charge on any atom is -0.443 e. The Morgan fingerprint density at radius 3 is 2.03 bits per heavy atom. The molecule has 2 aromatic rings. The molecule has 0 radical (unpaired) electrons. The summed E-state index contributed by atoms with van der Waals surface area (Å²) in [6.45, 7) is 5.45. The Balaban J connectivity index is 2.31. The van der Waals surface area contributed by atoms with Crippen molar-refractivity contribution in [1.82, 2.24) is 10.2 Å². The van der Waals surface area contributed by atoms with E-state index in [9.17, 15) is 14.9 Å². The smallest absolute Gasteiger partial charge is 0.414 e. The maximum absolute atomic E-state index is 13.0. The van der Waals surface area contributed by atoms with E-state index in [1.54, 1.807) is 20.8 Å². The molecule has 0 heterocycles. The van der Waals surface area contributed by atoms with Crippen LogP contribution in [0.4, 0.5) is 4.79 Å². The van der Waals surface area contributed by atoms with E-state index in [0.717, 1.165) is 16.0 Å². The molecule has 0 aliphatic carbocycles. The van der Waals surface area contributed by atoms with E-state index in [-0.39, 0.29) is 18.7 Å². The second kappa shape index (κ2) is 11.0. The van der Waals surface area contributed by atoms with Crippen molar-refractivity contribution in [1.29, 1.82) is 5.26 Å². The second-order valence-electron chi connectivity index (χ2n) is 7.84. The third kappa shape index (κ3) is 7.28. The van der Waals surface area contributed by atoms with Crippen LogP contribution in [0.2, 0.25) is 0 Å². The molecule has 2 aromatic carbocycles. The predicted molar refractivity (Wildman–Crippen MR) is 119 cm³/mol. The van der Waals surface area contributed by atoms with Crippen molar-refractivity contribution in [2.45, 2.75) is 32.4 Å². The van der Waals surface area contributed by atoms with Gasteiger partial charge < -0.3 is 15.8 Å². The SMILES string of the molecule is CC(C)(C)OC(=O)N(/C=C(/C#N)C(=O)NC(c1ccccc1)c1ccccc1)CCN. The van der Waals surface area contributed by atoms with Crippen LogP contribution in [0.1, 0.15) is 37.9 Å². The molecule has 0 unspecified atom stereocenters. The number of nitrogens with two attached hydrogens (primary N) is 1. The molecule has 0 saturated carbocycles. The molecular weight excluding hydrogens is 392 g/mol. The largest absolute Gasteiger partial charge is 0.443 e. The highest BCUT2D eigenvalue weighted by atomic mass is 16.6. The summed E-state index contributed by atoms with van der Waals surface area (Å²) >= 11 is 0. The van der Waals surface area contributed by atoms with Crippen LogP contribution < -0.4 is 11.1 Å². The first-order chi connectivity index (χ1) is 14.7. The van der Waals surface area contributed by atoms with E-state index >= 15 is 0 Å². The number of ether oxygens (including phenoxy) is 1. The predicted octanol–water partition coefficient (Wildman–Crippen LogP) is 3.50. The Hall–Kier alpha value is -3.63. The molecule has 0 saturated heterocycles. The highest BCUT2D eigenvalue weighted by Crippen LogP contribution is 2.22. The summed E-state index contributed by atoms with van der Waals surface area (Å²) in [5, 5.41) is 12.5. The fourth-order valence-electron chi connectivity index (χ4n) is 2.82. The first-order valence-corrected chi connectivity index (χ1v) is 9.97. The summed E-state index contributed by atoms with van der Waals surface area (Å²) in [5.74, 6) is -0.606. The zero-order valence-electron chi connectivity index (χ0n) is 18.0. The standard InChI is InChI=1S/C24H28N4O3/c1-24(2,3)31-23(30)28(15-14-25)17-20(16-26)22(29)27-21(18-10-6-4-7-11-18)19-12-8-5-9-13-19/h4-13,17,21H,14-15,25H2,1-3H3,(H,27,29)/b20-17-. The van der Waals surface area contributed by atoms with Crippen LogP contribution in [0.3, 0.4) is 0 Å². The topological polar surface area (TPSA) is 108 Å². The summed E-state index contributed by atoms with van der Waals surface area (Å²) in [7, 11) is 0. The maximum atomic E-state index is 13.0. The van der Waals surface area contributed by atoms with Gasteiger partial charge in [-0.25, -0.2) is 4.79 Å². The fourth-order valence-corrected chi connectivity index (χ4v) is 2.82. The third-order valence-electron chi connectivity index (χ3n) is 4.19. The summed E-state index contributed by atoms with van der Waals surface area (Å²) in [4.78, 5) is 26.6. The minimum atomic E-state index is -0.724. The normalized spacial score (nSPS) is 11.5. The van der Waals surface area contributed by atoms with Gasteiger partial charge in [0.1, 0.15) is 17.2 Å². The number of hydrogen-bond acceptors (Lipinski definition) is 5. The number of nitrogens with one attached hydrogen (secondary N) is 1. The number of nitriles is 1. The molecule has 3 N–H and O–H groups in total. The highest BCUT2D eigenvalue weighted by molar-refractivity contribution is 5.98. The van der Waals surface area contributed by atoms with Gasteiger partial charge in [-0.15, -0.1) is 0 Å². The minimum absolute atomic E-state index is 0.105. The molecule has 7 heteroatoms. The Morgan fingerprint density at radius 2 is 1.61 bits per heavy atom. The lowest BCUT2D eigenvalue weighted by molar-refractivity contribution is -0.117. The molecule has 0 atom stereocenters. The molecule has 162 valence electrons. The van der Waals surface area contributed by atoms with Gasteiger partial charge in [-0.3, -0.25) is 9.69 Å². The Kier molecular flexibility index (Phi) is 8.35. The van der Waals surface area contributed by atoms with E-state index in [1.807, 2.05) is 66.7 Å². The van der Waals surface area contributed by atoms with E-state index in [4.69, 9.17) is 10.5 Å². The van der Waals surface area contributed by atoms with Crippen molar-refractivity contribution >= 4 is 12.0 Å². The molecule has 2 rings (SSSR count). The fraction of sp³-hybridized carbons (Fsp3) is 0.292. The van der Waals surface area contributed by atoms with E-state index < -0.39 is 23.6 Å². The number of amides is 2. The van der Waals surface area contributed by atoms with Crippen molar-refractivity contribution in [2.24, 2.45) is 5.73 Å². The van der Waals surface area contributed by atoms with Crippen molar-refractivity contribution in [3.8, 4) is 6.07 Å². The number of nitrogens with zero attached hydrogens (tertiary/aromatic N) is 2. The van der Waals surface area contributed by atoms with E-state index in [2.05, 4.69) is 5.32 Å². The zero-order chi connectivity index (χ0) is 22.9. The van der Waals surface area contributed by atoms with Crippen molar-refractivity contribution in [2.75, 3.05) is 13.1 Å². The van der Waals surface area contributed by atoms with Crippen LogP contribution in [-0.4, -0.2) is 35.6 Å². The van der Waals surface area contributed by atoms with Gasteiger partial charge in [-0.2, -0.15) is 5.26 Å². The van der Waals surface area contributed by atoms with Crippen molar-refractivity contribution in [3.63, 3.8) is 0 Å². The quantitative estimate of drug-likeness (QED) is 0.526. The Labute approximate surface area is 183 Å². The molecule has 0 aliphatic heterocycles. The van der Waals surface area contributed by atoms with Gasteiger partial charge in [0.25, 0.3) is 5.91 Å². The second-order valence-corrected chi connectivity index (χ2v) is 7.84. The molecule has 0 spiro atoms. The van der Waals surface area contributed by atoms with E-state index in [0.29, 0.717) is 0 Å². The molecule has 0 aromatic heterocycles. The lowest BCUT2D eigenvalue weighted by atomic mass is 9.98. The molecule has 31 heavy (non-hydrogen) atoms. The third-order valence-corrected chi connectivity index (χ3v) is 4.19. The molecule has 7 nitrogen and oxygen atoms in total. The van der Waals surface area contributed by atoms with Crippen molar-refractivity contribution in [3.05, 3.63) is 83.6 Å². The van der Waals surface area contributed by atoms with Crippen LogP contribution in [0, 0.1) is 11.3 Å². The lowest BCUT2D eigenvalue weighted by Crippen LogP contribution is -2.37. The van der Waals surface area contributed by atoms with Gasteiger partial charge in [-0.05, 0) is 31.9 Å². The van der Waals surface area contributed by atoms with Gasteiger partial charge in [0.15, 0.2) is 0 Å². The molecular formula is C24H28N4O3. The van der Waals surface area contributed by atoms with Gasteiger partial charge in [-0.1, -0.05) is 60.7 Å². The number of carbonyl (C=O) groups is 2. The van der Waals surface area contributed by atoms with Gasteiger partial charge >= 0.3 is 6.09 Å². The molecule has 0 bridgehead atoms. The average molecular weight is 421 g/mol. The number of rotatable bonds is 7. The summed E-state index contributed by atoms with van der Waals surface area (Å²) < 4.78 is 5.34. The monoisotopic (exact) mass is 420 g/mol. The molecule has 2 amide bonds. The van der Waals surface area contributed by atoms with E-state index in [1.165, 1.54) is 6.20 Å². The zero-order valence-corrected chi connectivity index (χ0v) is 18.0. The van der Waals surface area contributed by atoms with Gasteiger partial charge in [0.2, 0.25) is 0 Å². The highest BCUT2D eigenvalue weighted by Gasteiger charge is 2.24. The first kappa shape index (κ1) is 23.6. The summed E-state index contributed by atoms with van der Waals surface area (Å²) in [5.41, 5.74) is 6.38. The Bertz CT molecular complexity index is 905. The van der Waals surface area contributed by atoms with Gasteiger partial charge in [0.05, 0.1) is 6.04 Å². The van der Waals surface area contributed by atoms with Crippen LogP contribution in [-0.2, 0) is 9.53 Å². The molecule has 0 aliphatic rings. The summed E-state index contributed by atoms with van der Waals surface area (Å²) in [6, 6.07) is 20.3. The van der Waals surface area contributed by atoms with Crippen LogP contribution >= 0.6 is 0 Å². The summed E-state index contributed by atoms with van der Waals surface area (Å²) in [6.07, 6.45) is 0.504. The first-order valence-electron chi connectivity index (χ1n) is 9.97. The lowest BCUT2D eigenvalue weighted by Gasteiger charge is -2.25. The van der Waals surface area contributed by atoms with Crippen LogP contribution in [0.15, 0.2) is 72.4 Å². The molecule has 0 fully saturated rings. The number of benzene rings is 2. The Morgan fingerprint density at radius 1 is 1.10 bits per heavy atom.